The van der Waals surface area contributed by atoms with Crippen LogP contribution in [0.2, 0.25) is 0 Å². The van der Waals surface area contributed by atoms with Gasteiger partial charge in [0.05, 0.1) is 44.5 Å². The van der Waals surface area contributed by atoms with Gasteiger partial charge >= 0.3 is 0 Å². The predicted octanol–water partition coefficient (Wildman–Crippen LogP) is 1.05. The van der Waals surface area contributed by atoms with Crippen molar-refractivity contribution in [2.24, 2.45) is 0 Å². The van der Waals surface area contributed by atoms with Crippen LogP contribution in [0.3, 0.4) is 0 Å². The second-order valence-electron chi connectivity index (χ2n) is 5.05. The van der Waals surface area contributed by atoms with Gasteiger partial charge in [0.15, 0.2) is 0 Å². The highest BCUT2D eigenvalue weighted by Crippen LogP contribution is 2.16. The maximum Gasteiger partial charge on any atom is 0.243 e. The molecule has 0 radical (unpaired) electrons. The average molecular weight is 329 g/mol. The van der Waals surface area contributed by atoms with Crippen molar-refractivity contribution in [1.29, 1.82) is 0 Å². The molecule has 1 aromatic carbocycles. The fraction of sp³-hybridized carbons (Fsp3) is 0.600. The van der Waals surface area contributed by atoms with Gasteiger partial charge in [-0.25, -0.2) is 8.42 Å². The fourth-order valence-corrected chi connectivity index (χ4v) is 3.49. The summed E-state index contributed by atoms with van der Waals surface area (Å²) in [6.07, 6.45) is 0. The van der Waals surface area contributed by atoms with E-state index in [0.29, 0.717) is 57.6 Å². The number of hydrogen-bond acceptors (Lipinski definition) is 5. The third-order valence-electron chi connectivity index (χ3n) is 3.37. The topological polar surface area (TPSA) is 65.1 Å². The minimum absolute atomic E-state index is 0.300. The highest BCUT2D eigenvalue weighted by Gasteiger charge is 2.24. The summed E-state index contributed by atoms with van der Waals surface area (Å²) in [5, 5.41) is 0. The maximum atomic E-state index is 12.7. The Balaban J connectivity index is 2.08. The lowest BCUT2D eigenvalue weighted by atomic mass is 10.2. The Labute approximate surface area is 132 Å². The minimum Gasteiger partial charge on any atom is -0.378 e. The first-order valence-corrected chi connectivity index (χ1v) is 8.85. The molecule has 1 heterocycles. The molecule has 0 aliphatic carbocycles. The SMILES string of the molecule is Cc1ccc(S(=O)(=O)N2CCOCCOCCOCC2)cc1. The zero-order chi connectivity index (χ0) is 15.8. The molecule has 7 heteroatoms. The summed E-state index contributed by atoms with van der Waals surface area (Å²) in [6.45, 7) is 5.12. The predicted molar refractivity (Wildman–Crippen MR) is 82.4 cm³/mol. The maximum absolute atomic E-state index is 12.7. The Bertz CT molecular complexity index is 532. The Morgan fingerprint density at radius 3 is 1.77 bits per heavy atom. The summed E-state index contributed by atoms with van der Waals surface area (Å²) < 4.78 is 43.0. The van der Waals surface area contributed by atoms with Crippen LogP contribution in [0.25, 0.3) is 0 Å². The molecule has 1 aliphatic rings. The lowest BCUT2D eigenvalue weighted by Crippen LogP contribution is -2.37. The van der Waals surface area contributed by atoms with Crippen LogP contribution in [0.4, 0.5) is 0 Å². The van der Waals surface area contributed by atoms with Gasteiger partial charge in [-0.3, -0.25) is 0 Å². The number of rotatable bonds is 2. The Morgan fingerprint density at radius 1 is 0.818 bits per heavy atom. The molecule has 124 valence electrons. The number of sulfonamides is 1. The first kappa shape index (κ1) is 17.4. The summed E-state index contributed by atoms with van der Waals surface area (Å²) in [5.41, 5.74) is 1.03. The van der Waals surface area contributed by atoms with Gasteiger partial charge in [0.1, 0.15) is 0 Å². The summed E-state index contributed by atoms with van der Waals surface area (Å²) in [7, 11) is -3.53. The zero-order valence-electron chi connectivity index (χ0n) is 12.9. The van der Waals surface area contributed by atoms with E-state index in [1.165, 1.54) is 4.31 Å². The van der Waals surface area contributed by atoms with Crippen molar-refractivity contribution >= 4 is 10.0 Å². The first-order chi connectivity index (χ1) is 10.6. The number of nitrogens with zero attached hydrogens (tertiary/aromatic N) is 1. The molecule has 0 atom stereocenters. The van der Waals surface area contributed by atoms with Crippen molar-refractivity contribution in [3.8, 4) is 0 Å². The molecule has 1 aliphatic heterocycles. The molecule has 0 bridgehead atoms. The van der Waals surface area contributed by atoms with Crippen molar-refractivity contribution in [3.63, 3.8) is 0 Å². The van der Waals surface area contributed by atoms with Crippen molar-refractivity contribution in [2.75, 3.05) is 52.7 Å². The second kappa shape index (κ2) is 8.59. The van der Waals surface area contributed by atoms with Crippen LogP contribution in [-0.4, -0.2) is 65.5 Å². The Hall–Kier alpha value is -0.990. The van der Waals surface area contributed by atoms with E-state index in [4.69, 9.17) is 14.2 Å². The Morgan fingerprint density at radius 2 is 1.27 bits per heavy atom. The first-order valence-electron chi connectivity index (χ1n) is 7.41. The van der Waals surface area contributed by atoms with Gasteiger partial charge in [-0.1, -0.05) is 17.7 Å². The molecule has 6 nitrogen and oxygen atoms in total. The number of hydrogen-bond donors (Lipinski definition) is 0. The van der Waals surface area contributed by atoms with Crippen molar-refractivity contribution in [3.05, 3.63) is 29.8 Å². The van der Waals surface area contributed by atoms with Crippen LogP contribution < -0.4 is 0 Å². The molecule has 2 rings (SSSR count). The summed E-state index contributed by atoms with van der Waals surface area (Å²) in [6, 6.07) is 6.87. The van der Waals surface area contributed by atoms with Crippen molar-refractivity contribution in [1.82, 2.24) is 4.31 Å². The van der Waals surface area contributed by atoms with E-state index in [2.05, 4.69) is 0 Å². The average Bonchev–Trinajstić information content (AvgIpc) is 2.48. The molecule has 1 aromatic rings. The van der Waals surface area contributed by atoms with Crippen LogP contribution in [-0.2, 0) is 24.2 Å². The largest absolute Gasteiger partial charge is 0.378 e. The van der Waals surface area contributed by atoms with Gasteiger partial charge < -0.3 is 14.2 Å². The van der Waals surface area contributed by atoms with Gasteiger partial charge in [-0.15, -0.1) is 0 Å². The highest BCUT2D eigenvalue weighted by molar-refractivity contribution is 7.89. The van der Waals surface area contributed by atoms with E-state index >= 15 is 0 Å². The van der Waals surface area contributed by atoms with Crippen molar-refractivity contribution < 1.29 is 22.6 Å². The van der Waals surface area contributed by atoms with Crippen LogP contribution in [0, 0.1) is 6.92 Å². The molecule has 0 amide bonds. The van der Waals surface area contributed by atoms with E-state index in [-0.39, 0.29) is 0 Å². The standard InChI is InChI=1S/C15H23NO5S/c1-14-2-4-15(5-3-14)22(17,18)16-6-8-19-10-12-21-13-11-20-9-7-16/h2-5H,6-13H2,1H3. The van der Waals surface area contributed by atoms with Crippen LogP contribution in [0.15, 0.2) is 29.2 Å². The zero-order valence-corrected chi connectivity index (χ0v) is 13.7. The fourth-order valence-electron chi connectivity index (χ4n) is 2.09. The van der Waals surface area contributed by atoms with Crippen LogP contribution >= 0.6 is 0 Å². The molecule has 0 spiro atoms. The second-order valence-corrected chi connectivity index (χ2v) is 6.99. The molecular weight excluding hydrogens is 306 g/mol. The van der Waals surface area contributed by atoms with Gasteiger partial charge in [-0.05, 0) is 19.1 Å². The molecule has 0 aromatic heterocycles. The van der Waals surface area contributed by atoms with Crippen molar-refractivity contribution in [2.45, 2.75) is 11.8 Å². The highest BCUT2D eigenvalue weighted by atomic mass is 32.2. The molecular formula is C15H23NO5S. The smallest absolute Gasteiger partial charge is 0.243 e. The molecule has 1 fully saturated rings. The third-order valence-corrected chi connectivity index (χ3v) is 5.29. The van der Waals surface area contributed by atoms with E-state index in [0.717, 1.165) is 5.56 Å². The van der Waals surface area contributed by atoms with Gasteiger partial charge in [0, 0.05) is 13.1 Å². The van der Waals surface area contributed by atoms with E-state index < -0.39 is 10.0 Å². The minimum atomic E-state index is -3.53. The molecule has 0 N–H and O–H groups in total. The number of benzene rings is 1. The molecule has 0 unspecified atom stereocenters. The quantitative estimate of drug-likeness (QED) is 0.811. The normalized spacial score (nSPS) is 20.0. The van der Waals surface area contributed by atoms with E-state index in [1.54, 1.807) is 24.3 Å². The summed E-state index contributed by atoms with van der Waals surface area (Å²) >= 11 is 0. The lowest BCUT2D eigenvalue weighted by Gasteiger charge is -2.23. The van der Waals surface area contributed by atoms with Gasteiger partial charge in [-0.2, -0.15) is 4.31 Å². The monoisotopic (exact) mass is 329 g/mol. The molecule has 1 saturated heterocycles. The van der Waals surface area contributed by atoms with Crippen LogP contribution in [0.5, 0.6) is 0 Å². The number of ether oxygens (including phenoxy) is 3. The summed E-state index contributed by atoms with van der Waals surface area (Å²) in [4.78, 5) is 0.300. The third kappa shape index (κ3) is 5.03. The lowest BCUT2D eigenvalue weighted by molar-refractivity contribution is 0.00270. The van der Waals surface area contributed by atoms with E-state index in [1.807, 2.05) is 6.92 Å². The van der Waals surface area contributed by atoms with Gasteiger partial charge in [0.2, 0.25) is 10.0 Å². The molecule has 0 saturated carbocycles. The molecule has 22 heavy (non-hydrogen) atoms. The number of aryl methyl sites for hydroxylation is 1. The summed E-state index contributed by atoms with van der Waals surface area (Å²) in [5.74, 6) is 0. The van der Waals surface area contributed by atoms with E-state index in [9.17, 15) is 8.42 Å². The van der Waals surface area contributed by atoms with Gasteiger partial charge in [0.25, 0.3) is 0 Å². The van der Waals surface area contributed by atoms with Crippen LogP contribution in [0.1, 0.15) is 5.56 Å². The Kier molecular flexibility index (Phi) is 6.78.